The smallest absolute Gasteiger partial charge is 0.124 e. The maximum absolute atomic E-state index is 6.07. The predicted octanol–water partition coefficient (Wildman–Crippen LogP) is 3.60. The lowest BCUT2D eigenvalue weighted by atomic mass is 10.0. The van der Waals surface area contributed by atoms with E-state index >= 15 is 0 Å². The van der Waals surface area contributed by atoms with Gasteiger partial charge >= 0.3 is 0 Å². The van der Waals surface area contributed by atoms with Gasteiger partial charge in [0.05, 0.1) is 12.1 Å². The van der Waals surface area contributed by atoms with Crippen molar-refractivity contribution in [2.75, 3.05) is 19.6 Å². The van der Waals surface area contributed by atoms with Gasteiger partial charge in [-0.25, -0.2) is 0 Å². The maximum atomic E-state index is 6.07. The number of nitrogens with two attached hydrogens (primary N) is 1. The van der Waals surface area contributed by atoms with Crippen LogP contribution in [0.1, 0.15) is 52.1 Å². The van der Waals surface area contributed by atoms with Crippen LogP contribution in [-0.2, 0) is 0 Å². The highest BCUT2D eigenvalue weighted by atomic mass is 16.5. The first-order valence-electron chi connectivity index (χ1n) is 7.83. The Kier molecular flexibility index (Phi) is 7.63. The quantitative estimate of drug-likeness (QED) is 0.750. The van der Waals surface area contributed by atoms with E-state index in [0.717, 1.165) is 31.7 Å². The molecule has 0 aliphatic rings. The minimum Gasteiger partial charge on any atom is -0.491 e. The summed E-state index contributed by atoms with van der Waals surface area (Å²) in [5, 5.41) is 0. The largest absolute Gasteiger partial charge is 0.491 e. The second kappa shape index (κ2) is 8.98. The number of rotatable bonds is 9. The number of benzene rings is 1. The molecule has 0 heterocycles. The average Bonchev–Trinajstić information content (AvgIpc) is 2.41. The van der Waals surface area contributed by atoms with E-state index in [4.69, 9.17) is 10.5 Å². The summed E-state index contributed by atoms with van der Waals surface area (Å²) < 4.78 is 5.95. The molecule has 0 bridgehead atoms. The molecule has 0 saturated carbocycles. The standard InChI is InChI=1S/C17H30N2O/c1-5-11-19(12-6-2)16(13-18)15-9-7-8-10-17(15)20-14(3)4/h7-10,14,16H,5-6,11-13,18H2,1-4H3. The molecule has 2 N–H and O–H groups in total. The van der Waals surface area contributed by atoms with Gasteiger partial charge in [-0.1, -0.05) is 32.0 Å². The molecule has 3 nitrogen and oxygen atoms in total. The Labute approximate surface area is 124 Å². The molecule has 1 atom stereocenters. The number of hydrogen-bond donors (Lipinski definition) is 1. The lowest BCUT2D eigenvalue weighted by molar-refractivity contribution is 0.188. The van der Waals surface area contributed by atoms with Gasteiger partial charge in [0, 0.05) is 12.1 Å². The Balaban J connectivity index is 3.03. The second-order valence-electron chi connectivity index (χ2n) is 5.49. The minimum atomic E-state index is 0.181. The fraction of sp³-hybridized carbons (Fsp3) is 0.647. The third kappa shape index (κ3) is 4.80. The van der Waals surface area contributed by atoms with Crippen LogP contribution >= 0.6 is 0 Å². The summed E-state index contributed by atoms with van der Waals surface area (Å²) in [6.45, 7) is 11.3. The Morgan fingerprint density at radius 3 is 2.20 bits per heavy atom. The fourth-order valence-electron chi connectivity index (χ4n) is 2.59. The maximum Gasteiger partial charge on any atom is 0.124 e. The highest BCUT2D eigenvalue weighted by molar-refractivity contribution is 5.36. The molecule has 0 radical (unpaired) electrons. The van der Waals surface area contributed by atoms with Crippen molar-refractivity contribution in [1.82, 2.24) is 4.90 Å². The number of nitrogens with zero attached hydrogens (tertiary/aromatic N) is 1. The van der Waals surface area contributed by atoms with Crippen LogP contribution in [0.2, 0.25) is 0 Å². The molecule has 1 aromatic rings. The zero-order valence-corrected chi connectivity index (χ0v) is 13.4. The van der Waals surface area contributed by atoms with E-state index in [1.54, 1.807) is 0 Å². The molecule has 1 unspecified atom stereocenters. The van der Waals surface area contributed by atoms with Crippen LogP contribution < -0.4 is 10.5 Å². The van der Waals surface area contributed by atoms with Gasteiger partial charge in [-0.2, -0.15) is 0 Å². The highest BCUT2D eigenvalue weighted by Crippen LogP contribution is 2.29. The number of para-hydroxylation sites is 1. The minimum absolute atomic E-state index is 0.181. The van der Waals surface area contributed by atoms with Crippen molar-refractivity contribution in [3.05, 3.63) is 29.8 Å². The third-order valence-electron chi connectivity index (χ3n) is 3.33. The van der Waals surface area contributed by atoms with E-state index in [-0.39, 0.29) is 12.1 Å². The first-order valence-corrected chi connectivity index (χ1v) is 7.83. The summed E-state index contributed by atoms with van der Waals surface area (Å²) in [4.78, 5) is 2.47. The van der Waals surface area contributed by atoms with Crippen molar-refractivity contribution in [3.8, 4) is 5.75 Å². The van der Waals surface area contributed by atoms with Gasteiger partial charge in [-0.05, 0) is 45.8 Å². The summed E-state index contributed by atoms with van der Waals surface area (Å²) in [7, 11) is 0. The van der Waals surface area contributed by atoms with E-state index in [9.17, 15) is 0 Å². The van der Waals surface area contributed by atoms with Crippen LogP contribution in [0.15, 0.2) is 24.3 Å². The molecule has 1 rings (SSSR count). The van der Waals surface area contributed by atoms with Gasteiger partial charge in [0.15, 0.2) is 0 Å². The Hall–Kier alpha value is -1.06. The van der Waals surface area contributed by atoms with Crippen LogP contribution in [0.25, 0.3) is 0 Å². The van der Waals surface area contributed by atoms with Crippen LogP contribution in [-0.4, -0.2) is 30.6 Å². The Bertz CT molecular complexity index is 373. The predicted molar refractivity (Wildman–Crippen MR) is 86.2 cm³/mol. The first kappa shape index (κ1) is 17.0. The van der Waals surface area contributed by atoms with Crippen molar-refractivity contribution in [3.63, 3.8) is 0 Å². The summed E-state index contributed by atoms with van der Waals surface area (Å²) >= 11 is 0. The molecular weight excluding hydrogens is 248 g/mol. The molecule has 0 amide bonds. The third-order valence-corrected chi connectivity index (χ3v) is 3.33. The normalized spacial score (nSPS) is 12.9. The van der Waals surface area contributed by atoms with Crippen LogP contribution in [0.3, 0.4) is 0 Å². The van der Waals surface area contributed by atoms with Crippen molar-refractivity contribution >= 4 is 0 Å². The fourth-order valence-corrected chi connectivity index (χ4v) is 2.59. The monoisotopic (exact) mass is 278 g/mol. The molecule has 0 spiro atoms. The molecule has 1 aromatic carbocycles. The summed E-state index contributed by atoms with van der Waals surface area (Å²) in [5.41, 5.74) is 7.28. The molecule has 114 valence electrons. The zero-order valence-electron chi connectivity index (χ0n) is 13.4. The van der Waals surface area contributed by atoms with Gasteiger partial charge in [-0.15, -0.1) is 0 Å². The van der Waals surface area contributed by atoms with E-state index in [0.29, 0.717) is 6.54 Å². The van der Waals surface area contributed by atoms with E-state index < -0.39 is 0 Å². The van der Waals surface area contributed by atoms with Gasteiger partial charge < -0.3 is 10.5 Å². The molecule has 20 heavy (non-hydrogen) atoms. The number of hydrogen-bond acceptors (Lipinski definition) is 3. The van der Waals surface area contributed by atoms with Crippen molar-refractivity contribution in [1.29, 1.82) is 0 Å². The van der Waals surface area contributed by atoms with Gasteiger partial charge in [0.2, 0.25) is 0 Å². The lowest BCUT2D eigenvalue weighted by Gasteiger charge is -2.32. The van der Waals surface area contributed by atoms with Crippen LogP contribution in [0, 0.1) is 0 Å². The molecule has 0 aliphatic heterocycles. The summed E-state index contributed by atoms with van der Waals surface area (Å²) in [5.74, 6) is 0.968. The molecule has 0 fully saturated rings. The molecule has 0 saturated heterocycles. The highest BCUT2D eigenvalue weighted by Gasteiger charge is 2.21. The summed E-state index contributed by atoms with van der Waals surface area (Å²) in [6.07, 6.45) is 2.47. The number of ether oxygens (including phenoxy) is 1. The Morgan fingerprint density at radius 2 is 1.70 bits per heavy atom. The van der Waals surface area contributed by atoms with E-state index in [2.05, 4.69) is 44.7 Å². The average molecular weight is 278 g/mol. The second-order valence-corrected chi connectivity index (χ2v) is 5.49. The van der Waals surface area contributed by atoms with Crippen LogP contribution in [0.4, 0.5) is 0 Å². The van der Waals surface area contributed by atoms with Gasteiger partial charge in [0.1, 0.15) is 5.75 Å². The van der Waals surface area contributed by atoms with E-state index in [1.807, 2.05) is 12.1 Å². The zero-order chi connectivity index (χ0) is 15.0. The van der Waals surface area contributed by atoms with Gasteiger partial charge in [-0.3, -0.25) is 4.90 Å². The first-order chi connectivity index (χ1) is 9.63. The SMILES string of the molecule is CCCN(CCC)C(CN)c1ccccc1OC(C)C. The summed E-state index contributed by atoms with van der Waals surface area (Å²) in [6, 6.07) is 8.53. The Morgan fingerprint density at radius 1 is 1.10 bits per heavy atom. The van der Waals surface area contributed by atoms with Crippen molar-refractivity contribution < 1.29 is 4.74 Å². The van der Waals surface area contributed by atoms with Crippen molar-refractivity contribution in [2.45, 2.75) is 52.7 Å². The van der Waals surface area contributed by atoms with Crippen LogP contribution in [0.5, 0.6) is 5.75 Å². The van der Waals surface area contributed by atoms with Gasteiger partial charge in [0.25, 0.3) is 0 Å². The molecular formula is C17H30N2O. The molecule has 0 aliphatic carbocycles. The topological polar surface area (TPSA) is 38.5 Å². The molecule has 0 aromatic heterocycles. The van der Waals surface area contributed by atoms with E-state index in [1.165, 1.54) is 5.56 Å². The molecule has 3 heteroatoms. The van der Waals surface area contributed by atoms with Crippen molar-refractivity contribution in [2.24, 2.45) is 5.73 Å². The lowest BCUT2D eigenvalue weighted by Crippen LogP contribution is -2.35.